The Bertz CT molecular complexity index is 982. The van der Waals surface area contributed by atoms with Crippen molar-refractivity contribution in [3.05, 3.63) is 53.1 Å². The summed E-state index contributed by atoms with van der Waals surface area (Å²) in [5.41, 5.74) is 2.90. The van der Waals surface area contributed by atoms with Gasteiger partial charge in [0.2, 0.25) is 0 Å². The number of thiazole rings is 1. The van der Waals surface area contributed by atoms with Crippen LogP contribution in [0.4, 0.5) is 10.8 Å². The highest BCUT2D eigenvalue weighted by molar-refractivity contribution is 7.22. The number of hydrogen-bond donors (Lipinski definition) is 1. The van der Waals surface area contributed by atoms with E-state index in [1.54, 1.807) is 18.3 Å². The van der Waals surface area contributed by atoms with Crippen LogP contribution in [0, 0.1) is 0 Å². The highest BCUT2D eigenvalue weighted by atomic mass is 35.5. The van der Waals surface area contributed by atoms with Gasteiger partial charge in [0.1, 0.15) is 0 Å². The number of carboxylic acid groups (broad SMARTS) is 1. The van der Waals surface area contributed by atoms with Gasteiger partial charge >= 0.3 is 5.97 Å². The molecule has 0 aliphatic carbocycles. The number of carboxylic acids is 1. The molecule has 0 bridgehead atoms. The molecule has 27 heavy (non-hydrogen) atoms. The number of rotatable bonds is 4. The topological polar surface area (TPSA) is 56.7 Å². The number of fused-ring (bicyclic) bond motifs is 1. The fourth-order valence-electron chi connectivity index (χ4n) is 3.31. The van der Waals surface area contributed by atoms with E-state index in [9.17, 15) is 9.90 Å². The van der Waals surface area contributed by atoms with Gasteiger partial charge in [-0.15, -0.1) is 0 Å². The Kier molecular flexibility index (Phi) is 4.93. The Hall–Kier alpha value is -2.31. The van der Waals surface area contributed by atoms with E-state index in [0.29, 0.717) is 0 Å². The Morgan fingerprint density at radius 1 is 1.15 bits per heavy atom. The summed E-state index contributed by atoms with van der Waals surface area (Å²) in [7, 11) is 0. The normalized spacial score (nSPS) is 15.9. The molecule has 7 heteroatoms. The Morgan fingerprint density at radius 2 is 1.89 bits per heavy atom. The van der Waals surface area contributed by atoms with E-state index in [4.69, 9.17) is 16.6 Å². The maximum Gasteiger partial charge on any atom is 0.310 e. The molecule has 1 atom stereocenters. The van der Waals surface area contributed by atoms with Gasteiger partial charge in [0.15, 0.2) is 5.13 Å². The number of halogens is 1. The second kappa shape index (κ2) is 7.37. The van der Waals surface area contributed by atoms with Crippen LogP contribution in [-0.4, -0.2) is 42.2 Å². The van der Waals surface area contributed by atoms with Crippen LogP contribution >= 0.6 is 22.9 Å². The van der Waals surface area contributed by atoms with Crippen molar-refractivity contribution in [2.24, 2.45) is 0 Å². The van der Waals surface area contributed by atoms with Crippen LogP contribution in [0.15, 0.2) is 42.5 Å². The summed E-state index contributed by atoms with van der Waals surface area (Å²) < 4.78 is 1.11. The number of nitrogens with zero attached hydrogens (tertiary/aromatic N) is 3. The van der Waals surface area contributed by atoms with Crippen molar-refractivity contribution < 1.29 is 9.90 Å². The minimum atomic E-state index is -0.798. The molecule has 0 saturated carbocycles. The molecular weight excluding hydrogens is 382 g/mol. The zero-order valence-corrected chi connectivity index (χ0v) is 16.5. The number of hydrogen-bond acceptors (Lipinski definition) is 5. The number of carbonyl (C=O) groups is 1. The molecule has 5 nitrogen and oxygen atoms in total. The standard InChI is InChI=1S/C20H20ClN3O2S/c1-13(19(25)26)14-3-2-4-16(11-14)23-7-9-24(10-8-23)20-22-17-6-5-15(21)12-18(17)27-20/h2-6,11-13H,7-10H2,1H3,(H,25,26). The van der Waals surface area contributed by atoms with Gasteiger partial charge in [0.25, 0.3) is 0 Å². The lowest BCUT2D eigenvalue weighted by atomic mass is 10.0. The summed E-state index contributed by atoms with van der Waals surface area (Å²) in [5.74, 6) is -1.30. The van der Waals surface area contributed by atoms with Crippen molar-refractivity contribution in [1.29, 1.82) is 0 Å². The van der Waals surface area contributed by atoms with Gasteiger partial charge in [-0.05, 0) is 42.8 Å². The van der Waals surface area contributed by atoms with Crippen LogP contribution in [0.1, 0.15) is 18.4 Å². The number of anilines is 2. The molecule has 0 radical (unpaired) electrons. The SMILES string of the molecule is CC(C(=O)O)c1cccc(N2CCN(c3nc4ccc(Cl)cc4s3)CC2)c1. The fraction of sp³-hybridized carbons (Fsp3) is 0.300. The number of benzene rings is 2. The monoisotopic (exact) mass is 401 g/mol. The lowest BCUT2D eigenvalue weighted by molar-refractivity contribution is -0.138. The summed E-state index contributed by atoms with van der Waals surface area (Å²) >= 11 is 7.75. The zero-order valence-electron chi connectivity index (χ0n) is 14.9. The highest BCUT2D eigenvalue weighted by Crippen LogP contribution is 2.32. The van der Waals surface area contributed by atoms with Crippen molar-refractivity contribution in [2.75, 3.05) is 36.0 Å². The molecule has 0 spiro atoms. The summed E-state index contributed by atoms with van der Waals surface area (Å²) in [6.07, 6.45) is 0. The number of aromatic nitrogens is 1. The molecule has 1 saturated heterocycles. The van der Waals surface area contributed by atoms with E-state index >= 15 is 0 Å². The molecule has 1 aliphatic rings. The van der Waals surface area contributed by atoms with E-state index in [-0.39, 0.29) is 0 Å². The molecule has 2 aromatic carbocycles. The Balaban J connectivity index is 1.47. The van der Waals surface area contributed by atoms with Crippen molar-refractivity contribution in [3.63, 3.8) is 0 Å². The molecular formula is C20H20ClN3O2S. The molecule has 1 N–H and O–H groups in total. The lowest BCUT2D eigenvalue weighted by Gasteiger charge is -2.36. The van der Waals surface area contributed by atoms with Crippen molar-refractivity contribution in [1.82, 2.24) is 4.98 Å². The quantitative estimate of drug-likeness (QED) is 0.699. The van der Waals surface area contributed by atoms with Gasteiger partial charge in [-0.2, -0.15) is 0 Å². The molecule has 1 aromatic heterocycles. The number of aliphatic carboxylic acids is 1. The molecule has 2 heterocycles. The second-order valence-corrected chi connectivity index (χ2v) is 8.18. The highest BCUT2D eigenvalue weighted by Gasteiger charge is 2.21. The van der Waals surface area contributed by atoms with Gasteiger partial charge in [-0.25, -0.2) is 4.98 Å². The first kappa shape index (κ1) is 18.1. The molecule has 4 rings (SSSR count). The van der Waals surface area contributed by atoms with Crippen LogP contribution in [0.2, 0.25) is 5.02 Å². The van der Waals surface area contributed by atoms with Gasteiger partial charge in [0, 0.05) is 36.9 Å². The van der Waals surface area contributed by atoms with Gasteiger partial charge in [0.05, 0.1) is 16.1 Å². The summed E-state index contributed by atoms with van der Waals surface area (Å²) in [6, 6.07) is 13.7. The van der Waals surface area contributed by atoms with E-state index in [2.05, 4.69) is 9.80 Å². The van der Waals surface area contributed by atoms with Gasteiger partial charge in [-0.1, -0.05) is 35.1 Å². The third kappa shape index (κ3) is 3.73. The third-order valence-corrected chi connectivity index (χ3v) is 6.31. The molecule has 1 fully saturated rings. The molecule has 140 valence electrons. The summed E-state index contributed by atoms with van der Waals surface area (Å²) in [6.45, 7) is 5.24. The van der Waals surface area contributed by atoms with Crippen molar-refractivity contribution in [3.8, 4) is 0 Å². The van der Waals surface area contributed by atoms with Crippen LogP contribution in [0.5, 0.6) is 0 Å². The largest absolute Gasteiger partial charge is 0.481 e. The predicted molar refractivity (Wildman–Crippen MR) is 112 cm³/mol. The molecule has 1 aliphatic heterocycles. The smallest absolute Gasteiger partial charge is 0.310 e. The van der Waals surface area contributed by atoms with E-state index in [1.165, 1.54) is 0 Å². The maximum absolute atomic E-state index is 11.2. The predicted octanol–water partition coefficient (Wildman–Crippen LogP) is 4.46. The first-order valence-electron chi connectivity index (χ1n) is 8.90. The maximum atomic E-state index is 11.2. The van der Waals surface area contributed by atoms with E-state index in [0.717, 1.165) is 57.8 Å². The molecule has 3 aromatic rings. The van der Waals surface area contributed by atoms with Crippen LogP contribution in [0.3, 0.4) is 0 Å². The van der Waals surface area contributed by atoms with Crippen molar-refractivity contribution in [2.45, 2.75) is 12.8 Å². The fourth-order valence-corrected chi connectivity index (χ4v) is 4.60. The lowest BCUT2D eigenvalue weighted by Crippen LogP contribution is -2.46. The van der Waals surface area contributed by atoms with Gasteiger partial charge < -0.3 is 14.9 Å². The van der Waals surface area contributed by atoms with Gasteiger partial charge in [-0.3, -0.25) is 4.79 Å². The average molecular weight is 402 g/mol. The Morgan fingerprint density at radius 3 is 2.63 bits per heavy atom. The molecule has 1 unspecified atom stereocenters. The third-order valence-electron chi connectivity index (χ3n) is 5.00. The minimum Gasteiger partial charge on any atom is -0.481 e. The second-order valence-electron chi connectivity index (χ2n) is 6.74. The minimum absolute atomic E-state index is 0.499. The average Bonchev–Trinajstić information content (AvgIpc) is 3.10. The Labute approximate surface area is 166 Å². The van der Waals surface area contributed by atoms with Crippen LogP contribution < -0.4 is 9.80 Å². The number of piperazine rings is 1. The first-order valence-corrected chi connectivity index (χ1v) is 10.1. The summed E-state index contributed by atoms with van der Waals surface area (Å²) in [5, 5.41) is 11.0. The summed E-state index contributed by atoms with van der Waals surface area (Å²) in [4.78, 5) is 20.6. The molecule has 0 amide bonds. The first-order chi connectivity index (χ1) is 13.0. The van der Waals surface area contributed by atoms with Crippen LogP contribution in [0.25, 0.3) is 10.2 Å². The van der Waals surface area contributed by atoms with Crippen LogP contribution in [-0.2, 0) is 4.79 Å². The van der Waals surface area contributed by atoms with Crippen molar-refractivity contribution >= 4 is 49.9 Å². The zero-order chi connectivity index (χ0) is 19.0. The van der Waals surface area contributed by atoms with E-state index in [1.807, 2.05) is 42.5 Å². The van der Waals surface area contributed by atoms with E-state index < -0.39 is 11.9 Å².